The van der Waals surface area contributed by atoms with Crippen LogP contribution in [0.2, 0.25) is 0 Å². The van der Waals surface area contributed by atoms with Crippen molar-refractivity contribution in [1.29, 1.82) is 0 Å². The van der Waals surface area contributed by atoms with Crippen molar-refractivity contribution in [3.8, 4) is 0 Å². The predicted molar refractivity (Wildman–Crippen MR) is 76.3 cm³/mol. The highest BCUT2D eigenvalue weighted by Crippen LogP contribution is 2.18. The molecule has 0 spiro atoms. The fourth-order valence-electron chi connectivity index (χ4n) is 1.83. The molecule has 1 fully saturated rings. The average Bonchev–Trinajstić information content (AvgIpc) is 3.13. The lowest BCUT2D eigenvalue weighted by Gasteiger charge is -2.14. The van der Waals surface area contributed by atoms with Gasteiger partial charge in [-0.3, -0.25) is 4.79 Å². The molecule has 3 nitrogen and oxygen atoms in total. The Morgan fingerprint density at radius 1 is 1.39 bits per heavy atom. The van der Waals surface area contributed by atoms with Crippen LogP contribution in [-0.2, 0) is 4.79 Å². The molecule has 0 aromatic heterocycles. The van der Waals surface area contributed by atoms with Gasteiger partial charge in [0.2, 0.25) is 5.91 Å². The van der Waals surface area contributed by atoms with Gasteiger partial charge < -0.3 is 10.6 Å². The standard InChI is InChI=1S/C14H19BrN2O/c1-10(11-2-4-12(15)5-3-11)17-14(18)8-9-16-13-6-7-13/h2-5,10,13,16H,6-9H2,1H3,(H,17,18). The van der Waals surface area contributed by atoms with Crippen molar-refractivity contribution in [3.63, 3.8) is 0 Å². The number of hydrogen-bond acceptors (Lipinski definition) is 2. The van der Waals surface area contributed by atoms with E-state index in [0.29, 0.717) is 12.5 Å². The van der Waals surface area contributed by atoms with Crippen molar-refractivity contribution in [2.24, 2.45) is 0 Å². The van der Waals surface area contributed by atoms with E-state index in [0.717, 1.165) is 16.6 Å². The summed E-state index contributed by atoms with van der Waals surface area (Å²) >= 11 is 3.40. The lowest BCUT2D eigenvalue weighted by molar-refractivity contribution is -0.121. The minimum atomic E-state index is 0.0616. The van der Waals surface area contributed by atoms with E-state index >= 15 is 0 Å². The Labute approximate surface area is 116 Å². The van der Waals surface area contributed by atoms with Crippen LogP contribution in [0.3, 0.4) is 0 Å². The van der Waals surface area contributed by atoms with Gasteiger partial charge in [0.1, 0.15) is 0 Å². The topological polar surface area (TPSA) is 41.1 Å². The average molecular weight is 311 g/mol. The van der Waals surface area contributed by atoms with E-state index in [4.69, 9.17) is 0 Å². The molecule has 0 radical (unpaired) electrons. The summed E-state index contributed by atoms with van der Waals surface area (Å²) in [5.74, 6) is 0.110. The first-order chi connectivity index (χ1) is 8.65. The smallest absolute Gasteiger partial charge is 0.221 e. The van der Waals surface area contributed by atoms with E-state index in [1.54, 1.807) is 0 Å². The van der Waals surface area contributed by atoms with Crippen LogP contribution in [0.1, 0.15) is 37.8 Å². The Balaban J connectivity index is 1.73. The number of amides is 1. The maximum absolute atomic E-state index is 11.7. The highest BCUT2D eigenvalue weighted by Gasteiger charge is 2.20. The Hall–Kier alpha value is -0.870. The van der Waals surface area contributed by atoms with Gasteiger partial charge in [0, 0.05) is 23.5 Å². The van der Waals surface area contributed by atoms with Crippen LogP contribution in [0.15, 0.2) is 28.7 Å². The fourth-order valence-corrected chi connectivity index (χ4v) is 2.09. The molecule has 0 bridgehead atoms. The van der Waals surface area contributed by atoms with E-state index in [2.05, 4.69) is 26.6 Å². The van der Waals surface area contributed by atoms with Gasteiger partial charge in [-0.1, -0.05) is 28.1 Å². The summed E-state index contributed by atoms with van der Waals surface area (Å²) in [4.78, 5) is 11.7. The summed E-state index contributed by atoms with van der Waals surface area (Å²) in [5, 5.41) is 6.36. The third-order valence-corrected chi connectivity index (χ3v) is 3.64. The van der Waals surface area contributed by atoms with Crippen LogP contribution in [-0.4, -0.2) is 18.5 Å². The van der Waals surface area contributed by atoms with Gasteiger partial charge in [0.15, 0.2) is 0 Å². The molecule has 18 heavy (non-hydrogen) atoms. The van der Waals surface area contributed by atoms with E-state index in [1.807, 2.05) is 31.2 Å². The number of halogens is 1. The van der Waals surface area contributed by atoms with Crippen molar-refractivity contribution >= 4 is 21.8 Å². The first-order valence-electron chi connectivity index (χ1n) is 6.43. The molecule has 0 heterocycles. The van der Waals surface area contributed by atoms with Crippen LogP contribution < -0.4 is 10.6 Å². The van der Waals surface area contributed by atoms with Crippen molar-refractivity contribution < 1.29 is 4.79 Å². The number of carbonyl (C=O) groups is 1. The Kier molecular flexibility index (Phi) is 4.78. The summed E-state index contributed by atoms with van der Waals surface area (Å²) in [7, 11) is 0. The molecule has 2 N–H and O–H groups in total. The zero-order chi connectivity index (χ0) is 13.0. The molecule has 98 valence electrons. The van der Waals surface area contributed by atoms with Crippen molar-refractivity contribution in [2.45, 2.75) is 38.3 Å². The van der Waals surface area contributed by atoms with Crippen LogP contribution >= 0.6 is 15.9 Å². The Bertz CT molecular complexity index is 401. The maximum Gasteiger partial charge on any atom is 0.221 e. The monoisotopic (exact) mass is 310 g/mol. The first kappa shape index (κ1) is 13.6. The molecule has 1 unspecified atom stereocenters. The van der Waals surface area contributed by atoms with Crippen molar-refractivity contribution in [1.82, 2.24) is 10.6 Å². The molecule has 1 amide bonds. The van der Waals surface area contributed by atoms with Crippen molar-refractivity contribution in [2.75, 3.05) is 6.54 Å². The summed E-state index contributed by atoms with van der Waals surface area (Å²) in [6.45, 7) is 2.79. The van der Waals surface area contributed by atoms with E-state index in [9.17, 15) is 4.79 Å². The van der Waals surface area contributed by atoms with Gasteiger partial charge >= 0.3 is 0 Å². The number of carbonyl (C=O) groups excluding carboxylic acids is 1. The third-order valence-electron chi connectivity index (χ3n) is 3.11. The summed E-state index contributed by atoms with van der Waals surface area (Å²) in [6.07, 6.45) is 3.07. The summed E-state index contributed by atoms with van der Waals surface area (Å²) in [6, 6.07) is 8.77. The minimum absolute atomic E-state index is 0.0616. The van der Waals surface area contributed by atoms with Gasteiger partial charge in [-0.25, -0.2) is 0 Å². The maximum atomic E-state index is 11.7. The third kappa shape index (κ3) is 4.42. The molecular weight excluding hydrogens is 292 g/mol. The second-order valence-electron chi connectivity index (χ2n) is 4.82. The highest BCUT2D eigenvalue weighted by molar-refractivity contribution is 9.10. The van der Waals surface area contributed by atoms with E-state index in [-0.39, 0.29) is 11.9 Å². The molecule has 1 aromatic carbocycles. The van der Waals surface area contributed by atoms with Gasteiger partial charge in [0.25, 0.3) is 0 Å². The Morgan fingerprint density at radius 3 is 2.67 bits per heavy atom. The molecule has 1 saturated carbocycles. The van der Waals surface area contributed by atoms with Gasteiger partial charge in [-0.05, 0) is 37.5 Å². The molecular formula is C14H19BrN2O. The summed E-state index contributed by atoms with van der Waals surface area (Å²) in [5.41, 5.74) is 1.13. The quantitative estimate of drug-likeness (QED) is 0.848. The zero-order valence-electron chi connectivity index (χ0n) is 10.6. The summed E-state index contributed by atoms with van der Waals surface area (Å²) < 4.78 is 1.05. The van der Waals surface area contributed by atoms with Crippen LogP contribution in [0.5, 0.6) is 0 Å². The molecule has 1 atom stereocenters. The second-order valence-corrected chi connectivity index (χ2v) is 5.73. The molecule has 4 heteroatoms. The van der Waals surface area contributed by atoms with Gasteiger partial charge in [0.05, 0.1) is 6.04 Å². The van der Waals surface area contributed by atoms with Crippen LogP contribution in [0.25, 0.3) is 0 Å². The number of rotatable bonds is 6. The normalized spacial score (nSPS) is 16.3. The SMILES string of the molecule is CC(NC(=O)CCNC1CC1)c1ccc(Br)cc1. The molecule has 1 aliphatic carbocycles. The molecule has 2 rings (SSSR count). The number of hydrogen-bond donors (Lipinski definition) is 2. The largest absolute Gasteiger partial charge is 0.350 e. The highest BCUT2D eigenvalue weighted by atomic mass is 79.9. The Morgan fingerprint density at radius 2 is 2.06 bits per heavy atom. The molecule has 1 aliphatic rings. The minimum Gasteiger partial charge on any atom is -0.350 e. The molecule has 1 aromatic rings. The van der Waals surface area contributed by atoms with Crippen molar-refractivity contribution in [3.05, 3.63) is 34.3 Å². The fraction of sp³-hybridized carbons (Fsp3) is 0.500. The number of nitrogens with one attached hydrogen (secondary N) is 2. The number of benzene rings is 1. The molecule has 0 aliphatic heterocycles. The van der Waals surface area contributed by atoms with Gasteiger partial charge in [-0.15, -0.1) is 0 Å². The predicted octanol–water partition coefficient (Wildman–Crippen LogP) is 2.77. The van der Waals surface area contributed by atoms with Crippen LogP contribution in [0, 0.1) is 0 Å². The lowest BCUT2D eigenvalue weighted by Crippen LogP contribution is -2.30. The second kappa shape index (κ2) is 6.34. The van der Waals surface area contributed by atoms with Gasteiger partial charge in [-0.2, -0.15) is 0 Å². The first-order valence-corrected chi connectivity index (χ1v) is 7.22. The molecule has 0 saturated heterocycles. The van der Waals surface area contributed by atoms with Crippen LogP contribution in [0.4, 0.5) is 0 Å². The van der Waals surface area contributed by atoms with E-state index < -0.39 is 0 Å². The lowest BCUT2D eigenvalue weighted by atomic mass is 10.1. The van der Waals surface area contributed by atoms with E-state index in [1.165, 1.54) is 12.8 Å². The zero-order valence-corrected chi connectivity index (χ0v) is 12.2.